The molecular formula is C20H28OW17. The van der Waals surface area contributed by atoms with Crippen molar-refractivity contribution in [2.24, 2.45) is 28.6 Å². The number of fused-ring (bicyclic) bond motifs is 5. The number of allylic oxidation sites excluding steroid dienone is 4. The van der Waals surface area contributed by atoms with Crippen LogP contribution in [0.25, 0.3) is 0 Å². The molecule has 0 amide bonds. The molecule has 0 aromatic heterocycles. The van der Waals surface area contributed by atoms with Crippen LogP contribution in [0.15, 0.2) is 23.3 Å². The Morgan fingerprint density at radius 3 is 1.63 bits per heavy atom. The van der Waals surface area contributed by atoms with Crippen LogP contribution < -0.4 is 0 Å². The van der Waals surface area contributed by atoms with Crippen molar-refractivity contribution >= 4 is 3.90 Å². The molecule has 6 atom stereocenters. The van der Waals surface area contributed by atoms with Crippen molar-refractivity contribution in [3.63, 3.8) is 0 Å². The molecule has 18 heteroatoms. The molecule has 0 radical (unpaired) electrons. The molecule has 1 N–H and O–H groups in total. The average Bonchev–Trinajstić information content (AvgIpc) is 2.75. The third-order valence-electron chi connectivity index (χ3n) is 7.61. The maximum absolute atomic E-state index is 11.2. The quantitative estimate of drug-likeness (QED) is 0.387. The summed E-state index contributed by atoms with van der Waals surface area (Å²) in [7, 11) is 0. The zero-order valence-corrected chi connectivity index (χ0v) is 70.5. The second-order valence-corrected chi connectivity index (χ2v) is 10.5. The van der Waals surface area contributed by atoms with Gasteiger partial charge in [0.05, 0.1) is 0 Å². The van der Waals surface area contributed by atoms with Crippen LogP contribution in [0.1, 0.15) is 59.3 Å². The number of hydrogen-bond acceptors (Lipinski definition) is 1. The maximum atomic E-state index is 11.2. The summed E-state index contributed by atoms with van der Waals surface area (Å²) in [6.07, 6.45) is 12.2. The smallest absolute Gasteiger partial charge is 0 e. The Morgan fingerprint density at radius 2 is 1.18 bits per heavy atom. The first-order valence-electron chi connectivity index (χ1n) is 8.95. The molecule has 216 valence electrons. The summed E-state index contributed by atoms with van der Waals surface area (Å²) in [6, 6.07) is 0. The second kappa shape index (κ2) is 39.2. The number of aliphatic hydroxyl groups excluding tert-OH is 1. The second-order valence-electron chi connectivity index (χ2n) is 8.75. The van der Waals surface area contributed by atoms with Crippen molar-refractivity contribution in [3.8, 4) is 0 Å². The van der Waals surface area contributed by atoms with Gasteiger partial charge in [0.15, 0.2) is 0 Å². The topological polar surface area (TPSA) is 20.2 Å². The summed E-state index contributed by atoms with van der Waals surface area (Å²) in [5.41, 5.74) is 3.60. The monoisotopic (exact) mass is 3410 g/mol. The molecule has 4 aliphatic rings. The summed E-state index contributed by atoms with van der Waals surface area (Å²) in [5.74, 6) is 2.00. The molecule has 5 unspecified atom stereocenters. The van der Waals surface area contributed by atoms with Crippen molar-refractivity contribution in [1.82, 2.24) is 0 Å². The summed E-state index contributed by atoms with van der Waals surface area (Å²) in [5, 5.41) is 11.2. The average molecular weight is 3410 g/mol. The predicted molar refractivity (Wildman–Crippen MR) is 87.2 cm³/mol. The molecule has 4 aliphatic carbocycles. The van der Waals surface area contributed by atoms with Gasteiger partial charge in [-0.1, -0.05) is 0 Å². The summed E-state index contributed by atoms with van der Waals surface area (Å²) >= 11 is 1.67. The molecule has 0 bridgehead atoms. The van der Waals surface area contributed by atoms with Gasteiger partial charge in [-0.3, -0.25) is 0 Å². The van der Waals surface area contributed by atoms with E-state index in [0.29, 0.717) is 17.3 Å². The largest absolute Gasteiger partial charge is 0 e. The number of hydrogen-bond donors (Lipinski definition) is 1. The van der Waals surface area contributed by atoms with Crippen molar-refractivity contribution in [2.75, 3.05) is 0 Å². The van der Waals surface area contributed by atoms with E-state index in [1.165, 1.54) is 43.3 Å². The van der Waals surface area contributed by atoms with E-state index in [4.69, 9.17) is 0 Å². The van der Waals surface area contributed by atoms with Crippen molar-refractivity contribution in [2.45, 2.75) is 65.4 Å². The van der Waals surface area contributed by atoms with Crippen LogP contribution in [-0.4, -0.2) is 15.1 Å². The van der Waals surface area contributed by atoms with E-state index in [0.717, 1.165) is 12.3 Å². The van der Waals surface area contributed by atoms with E-state index < -0.39 is 0 Å². The predicted octanol–water partition coefficient (Wildman–Crippen LogP) is 4.16. The standard InChI is InChI=1S/C20H28O.17W/c1-13-8-10-20(3)14(11-13)6-7-15-16-5-4-9-19(16,2)12-17(21)18(15)20;;;;;;;;;;;;;;;;;/h6,11,15-18,21H,4-5,7-8,10,12H2,1-3H3;;;;;;;;;;;;;;;;;/t15?,16?,17-,18?,19?,20?;;;;;;;;;;;;;;;;;/m1................./s1. The van der Waals surface area contributed by atoms with E-state index in [1.54, 1.807) is 23.3 Å². The van der Waals surface area contributed by atoms with Crippen LogP contribution in [-0.2, 0) is 356 Å². The van der Waals surface area contributed by atoms with Gasteiger partial charge in [0, 0.05) is 337 Å². The van der Waals surface area contributed by atoms with Crippen LogP contribution in [0.3, 0.4) is 0 Å². The first-order chi connectivity index (χ1) is 10.4. The van der Waals surface area contributed by atoms with Gasteiger partial charge in [0.25, 0.3) is 0 Å². The molecule has 0 spiro atoms. The molecule has 2 fully saturated rings. The van der Waals surface area contributed by atoms with Gasteiger partial charge in [-0.15, -0.1) is 0 Å². The molecule has 0 heterocycles. The minimum atomic E-state index is -0.112. The zero-order valence-electron chi connectivity index (χ0n) is 20.6. The molecule has 0 aromatic carbocycles. The van der Waals surface area contributed by atoms with Gasteiger partial charge in [-0.25, -0.2) is 0 Å². The Morgan fingerprint density at radius 1 is 0.737 bits per heavy atom. The minimum absolute atomic E-state index is 0. The Bertz CT molecular complexity index is 620. The summed E-state index contributed by atoms with van der Waals surface area (Å²) in [4.78, 5) is 0. The molecule has 38 heavy (non-hydrogen) atoms. The van der Waals surface area contributed by atoms with Gasteiger partial charge in [0.2, 0.25) is 0 Å². The number of aliphatic hydroxyl groups is 1. The molecule has 2 saturated carbocycles. The fourth-order valence-electron chi connectivity index (χ4n) is 6.37. The van der Waals surface area contributed by atoms with E-state index in [1.807, 2.05) is 0 Å². The van der Waals surface area contributed by atoms with Crippen molar-refractivity contribution in [3.05, 3.63) is 23.3 Å². The Labute approximate surface area is 471 Å². The van der Waals surface area contributed by atoms with E-state index in [-0.39, 0.29) is 349 Å². The van der Waals surface area contributed by atoms with Gasteiger partial charge < -0.3 is 0 Å². The van der Waals surface area contributed by atoms with Crippen LogP contribution in [0.4, 0.5) is 0 Å². The molecule has 0 aromatic rings. The van der Waals surface area contributed by atoms with Gasteiger partial charge >= 0.3 is 146 Å². The van der Waals surface area contributed by atoms with Crippen LogP contribution in [0.2, 0.25) is 0 Å². The van der Waals surface area contributed by atoms with E-state index in [9.17, 15) is 5.11 Å². The fourth-order valence-corrected chi connectivity index (χ4v) is 7.64. The van der Waals surface area contributed by atoms with Gasteiger partial charge in [-0.05, 0) is 0 Å². The summed E-state index contributed by atoms with van der Waals surface area (Å²) in [6.45, 7) is 7.17. The molecular weight excluding hydrogens is 3380 g/mol. The Kier molecular flexibility index (Phi) is 89.9. The number of rotatable bonds is 0. The van der Waals surface area contributed by atoms with Crippen LogP contribution in [0.5, 0.6) is 0 Å². The third kappa shape index (κ3) is 19.2. The Hall–Kier alpha value is 11.0. The van der Waals surface area contributed by atoms with E-state index >= 15 is 0 Å². The molecule has 1 nitrogen and oxygen atoms in total. The Balaban J connectivity index is -0.0000000355. The normalized spacial score (nSPS) is 29.3. The third-order valence-corrected chi connectivity index (χ3v) is 10.0. The molecule has 4 rings (SSSR count). The zero-order chi connectivity index (χ0) is 15.7. The van der Waals surface area contributed by atoms with Gasteiger partial charge in [0.1, 0.15) is 0 Å². The SMILES string of the molecule is CC1=CC2=CCC3C4CC[C](=[W])C4(C)C[C@@H](O)C3C2(C)CC1.[W].[W].[W].[W].[W].[W].[W].[W].[W].[W].[W].[W].[W].[W].[W].[W]. The van der Waals surface area contributed by atoms with Crippen LogP contribution >= 0.6 is 0 Å². The minimum Gasteiger partial charge on any atom is 0 e. The molecule has 0 aliphatic heterocycles. The first kappa shape index (κ1) is 87.1. The van der Waals surface area contributed by atoms with Crippen molar-refractivity contribution < 1.29 is 362 Å². The fraction of sp³-hybridized carbons (Fsp3) is 0.750. The van der Waals surface area contributed by atoms with Crippen LogP contribution in [0, 0.1) is 28.6 Å². The van der Waals surface area contributed by atoms with E-state index in [2.05, 4.69) is 32.9 Å². The summed E-state index contributed by atoms with van der Waals surface area (Å²) < 4.78 is 1.73. The maximum Gasteiger partial charge on any atom is 0 e. The molecule has 0 saturated heterocycles. The van der Waals surface area contributed by atoms with Crippen molar-refractivity contribution in [1.29, 1.82) is 0 Å². The van der Waals surface area contributed by atoms with Gasteiger partial charge in [-0.2, -0.15) is 0 Å². The first-order valence-corrected chi connectivity index (χ1v) is 10.4.